The van der Waals surface area contributed by atoms with Gasteiger partial charge in [0.05, 0.1) is 5.92 Å². The number of piperidine rings is 1. The third-order valence-corrected chi connectivity index (χ3v) is 6.12. The number of hydrogen-bond acceptors (Lipinski definition) is 5. The van der Waals surface area contributed by atoms with Crippen molar-refractivity contribution in [2.75, 3.05) is 26.2 Å². The van der Waals surface area contributed by atoms with E-state index < -0.39 is 0 Å². The summed E-state index contributed by atoms with van der Waals surface area (Å²) in [4.78, 5) is 20.5. The van der Waals surface area contributed by atoms with Crippen molar-refractivity contribution in [3.63, 3.8) is 0 Å². The summed E-state index contributed by atoms with van der Waals surface area (Å²) in [6.07, 6.45) is 1.84. The molecule has 0 saturated carbocycles. The van der Waals surface area contributed by atoms with E-state index in [2.05, 4.69) is 48.2 Å². The van der Waals surface area contributed by atoms with E-state index in [0.717, 1.165) is 57.3 Å². The quantitative estimate of drug-likeness (QED) is 0.792. The van der Waals surface area contributed by atoms with Gasteiger partial charge in [0.15, 0.2) is 5.82 Å². The van der Waals surface area contributed by atoms with Gasteiger partial charge in [-0.25, -0.2) is 0 Å². The normalized spacial score (nSPS) is 19.2. The summed E-state index contributed by atoms with van der Waals surface area (Å²) >= 11 is 0. The van der Waals surface area contributed by atoms with Gasteiger partial charge in [0.25, 0.3) is 0 Å². The fourth-order valence-corrected chi connectivity index (χ4v) is 4.15. The largest absolute Gasteiger partial charge is 0.343 e. The molecule has 0 spiro atoms. The summed E-state index contributed by atoms with van der Waals surface area (Å²) in [6, 6.07) is 8.94. The van der Waals surface area contributed by atoms with Crippen LogP contribution < -0.4 is 0 Å². The van der Waals surface area contributed by atoms with E-state index in [0.29, 0.717) is 17.8 Å². The highest BCUT2D eigenvalue weighted by Crippen LogP contribution is 2.31. The number of rotatable bonds is 5. The lowest BCUT2D eigenvalue weighted by molar-refractivity contribution is -0.129. The highest BCUT2D eigenvalue weighted by molar-refractivity contribution is 5.73. The molecular weight excluding hydrogens is 352 g/mol. The van der Waals surface area contributed by atoms with Gasteiger partial charge >= 0.3 is 0 Å². The van der Waals surface area contributed by atoms with Crippen LogP contribution in [0, 0.1) is 0 Å². The first-order valence-corrected chi connectivity index (χ1v) is 10.4. The topological polar surface area (TPSA) is 62.5 Å². The molecule has 2 fully saturated rings. The van der Waals surface area contributed by atoms with Gasteiger partial charge in [0.2, 0.25) is 11.8 Å². The van der Waals surface area contributed by atoms with Crippen molar-refractivity contribution in [1.29, 1.82) is 0 Å². The van der Waals surface area contributed by atoms with Crippen molar-refractivity contribution in [2.45, 2.75) is 57.9 Å². The molecule has 3 heterocycles. The molecule has 6 heteroatoms. The molecule has 0 bridgehead atoms. The van der Waals surface area contributed by atoms with Crippen LogP contribution in [-0.4, -0.2) is 52.0 Å². The summed E-state index contributed by atoms with van der Waals surface area (Å²) < 4.78 is 5.57. The first-order valence-electron chi connectivity index (χ1n) is 10.4. The van der Waals surface area contributed by atoms with Gasteiger partial charge in [0.1, 0.15) is 0 Å². The van der Waals surface area contributed by atoms with E-state index in [9.17, 15) is 4.79 Å². The lowest BCUT2D eigenvalue weighted by Gasteiger charge is -2.37. The molecule has 0 aliphatic carbocycles. The van der Waals surface area contributed by atoms with Gasteiger partial charge < -0.3 is 9.42 Å². The van der Waals surface area contributed by atoms with Crippen LogP contribution in [0.3, 0.4) is 0 Å². The van der Waals surface area contributed by atoms with Crippen LogP contribution in [-0.2, 0) is 11.3 Å². The van der Waals surface area contributed by atoms with Gasteiger partial charge in [-0.15, -0.1) is 0 Å². The lowest BCUT2D eigenvalue weighted by Crippen LogP contribution is -2.44. The number of benzene rings is 1. The van der Waals surface area contributed by atoms with Crippen molar-refractivity contribution in [2.24, 2.45) is 0 Å². The Morgan fingerprint density at radius 2 is 1.82 bits per heavy atom. The minimum Gasteiger partial charge on any atom is -0.343 e. The molecule has 0 atom stereocenters. The Balaban J connectivity index is 1.27. The molecule has 0 radical (unpaired) electrons. The zero-order chi connectivity index (χ0) is 19.7. The Bertz CT molecular complexity index is 800. The Hall–Kier alpha value is -2.21. The number of carbonyl (C=O) groups is 1. The van der Waals surface area contributed by atoms with E-state index in [1.165, 1.54) is 11.1 Å². The first-order chi connectivity index (χ1) is 13.5. The number of amides is 1. The van der Waals surface area contributed by atoms with Crippen LogP contribution in [0.5, 0.6) is 0 Å². The predicted molar refractivity (Wildman–Crippen MR) is 107 cm³/mol. The molecule has 1 aromatic heterocycles. The molecule has 4 rings (SSSR count). The van der Waals surface area contributed by atoms with Crippen LogP contribution in [0.2, 0.25) is 0 Å². The predicted octanol–water partition coefficient (Wildman–Crippen LogP) is 3.52. The molecule has 1 amide bonds. The minimum atomic E-state index is 0.153. The van der Waals surface area contributed by atoms with Crippen molar-refractivity contribution in [1.82, 2.24) is 19.9 Å². The second kappa shape index (κ2) is 8.03. The van der Waals surface area contributed by atoms with Crippen LogP contribution in [0.25, 0.3) is 0 Å². The van der Waals surface area contributed by atoms with Crippen molar-refractivity contribution in [3.05, 3.63) is 47.1 Å². The maximum absolute atomic E-state index is 11.5. The Labute approximate surface area is 166 Å². The van der Waals surface area contributed by atoms with Crippen molar-refractivity contribution < 1.29 is 9.32 Å². The highest BCUT2D eigenvalue weighted by Gasteiger charge is 2.34. The standard InChI is InChI=1S/C22H30N4O2/c1-15(2)18-6-4-17(5-7-18)12-25-13-20(14-25)22-23-21(24-28-22)19-8-10-26(11-9-19)16(3)27/h4-7,15,19-20H,8-14H2,1-3H3. The molecule has 2 aliphatic heterocycles. The Morgan fingerprint density at radius 1 is 1.14 bits per heavy atom. The molecule has 1 aromatic carbocycles. The number of nitrogens with zero attached hydrogens (tertiary/aromatic N) is 4. The average molecular weight is 383 g/mol. The van der Waals surface area contributed by atoms with E-state index in [4.69, 9.17) is 9.51 Å². The Morgan fingerprint density at radius 3 is 2.43 bits per heavy atom. The van der Waals surface area contributed by atoms with Gasteiger partial charge in [0, 0.05) is 45.6 Å². The van der Waals surface area contributed by atoms with Crippen molar-refractivity contribution in [3.8, 4) is 0 Å². The summed E-state index contributed by atoms with van der Waals surface area (Å²) in [7, 11) is 0. The fraction of sp³-hybridized carbons (Fsp3) is 0.591. The highest BCUT2D eigenvalue weighted by atomic mass is 16.5. The molecule has 6 nitrogen and oxygen atoms in total. The van der Waals surface area contributed by atoms with Crippen LogP contribution in [0.1, 0.15) is 74.2 Å². The van der Waals surface area contributed by atoms with Crippen LogP contribution in [0.4, 0.5) is 0 Å². The third-order valence-electron chi connectivity index (χ3n) is 6.12. The lowest BCUT2D eigenvalue weighted by atomic mass is 9.95. The summed E-state index contributed by atoms with van der Waals surface area (Å²) in [6.45, 7) is 10.6. The van der Waals surface area contributed by atoms with Gasteiger partial charge in [-0.3, -0.25) is 9.69 Å². The summed E-state index contributed by atoms with van der Waals surface area (Å²) in [5.41, 5.74) is 2.74. The number of aromatic nitrogens is 2. The van der Waals surface area contributed by atoms with E-state index in [1.807, 2.05) is 4.90 Å². The molecule has 0 unspecified atom stereocenters. The SMILES string of the molecule is CC(=O)N1CCC(c2noc(C3CN(Cc4ccc(C(C)C)cc4)C3)n2)CC1. The number of carbonyl (C=O) groups excluding carboxylic acids is 1. The monoisotopic (exact) mass is 382 g/mol. The van der Waals surface area contributed by atoms with E-state index in [1.54, 1.807) is 6.92 Å². The van der Waals surface area contributed by atoms with Crippen molar-refractivity contribution >= 4 is 5.91 Å². The molecule has 150 valence electrons. The second-order valence-electron chi connectivity index (χ2n) is 8.56. The number of hydrogen-bond donors (Lipinski definition) is 0. The Kier molecular flexibility index (Phi) is 5.49. The van der Waals surface area contributed by atoms with E-state index in [-0.39, 0.29) is 5.91 Å². The molecule has 0 N–H and O–H groups in total. The maximum Gasteiger partial charge on any atom is 0.232 e. The smallest absolute Gasteiger partial charge is 0.232 e. The van der Waals surface area contributed by atoms with Gasteiger partial charge in [-0.2, -0.15) is 4.98 Å². The molecule has 2 aliphatic rings. The van der Waals surface area contributed by atoms with Gasteiger partial charge in [-0.1, -0.05) is 43.3 Å². The number of likely N-dealkylation sites (tertiary alicyclic amines) is 2. The summed E-state index contributed by atoms with van der Waals surface area (Å²) in [5, 5.41) is 4.24. The molecule has 28 heavy (non-hydrogen) atoms. The molecular formula is C22H30N4O2. The zero-order valence-corrected chi connectivity index (χ0v) is 17.1. The fourth-order valence-electron chi connectivity index (χ4n) is 4.15. The average Bonchev–Trinajstić information content (AvgIpc) is 3.14. The summed E-state index contributed by atoms with van der Waals surface area (Å²) in [5.74, 6) is 2.97. The molecule has 2 aromatic rings. The first kappa shape index (κ1) is 19.1. The van der Waals surface area contributed by atoms with Gasteiger partial charge in [-0.05, 0) is 29.9 Å². The van der Waals surface area contributed by atoms with E-state index >= 15 is 0 Å². The second-order valence-corrected chi connectivity index (χ2v) is 8.56. The minimum absolute atomic E-state index is 0.153. The maximum atomic E-state index is 11.5. The zero-order valence-electron chi connectivity index (χ0n) is 17.1. The third kappa shape index (κ3) is 4.12. The molecule has 2 saturated heterocycles. The van der Waals surface area contributed by atoms with Crippen LogP contribution >= 0.6 is 0 Å². The van der Waals surface area contributed by atoms with Crippen LogP contribution in [0.15, 0.2) is 28.8 Å².